The molecule has 1 fully saturated rings. The van der Waals surface area contributed by atoms with Crippen molar-refractivity contribution in [1.29, 1.82) is 0 Å². The lowest BCUT2D eigenvalue weighted by Gasteiger charge is -2.28. The third kappa shape index (κ3) is 8.41. The molecule has 0 spiro atoms. The van der Waals surface area contributed by atoms with Crippen molar-refractivity contribution in [2.75, 3.05) is 13.1 Å². The molecule has 0 bridgehead atoms. The fraction of sp³-hybridized carbons (Fsp3) is 0.491. The molecular weight excluding hydrogens is 784 g/mol. The average molecular weight is 852 g/mol. The van der Waals surface area contributed by atoms with Crippen molar-refractivity contribution in [2.24, 2.45) is 11.3 Å². The molecule has 0 saturated carbocycles. The second kappa shape index (κ2) is 17.3. The van der Waals surface area contributed by atoms with Gasteiger partial charge >= 0.3 is 0 Å². The lowest BCUT2D eigenvalue weighted by molar-refractivity contribution is -0.435. The second-order valence-corrected chi connectivity index (χ2v) is 21.4. The van der Waals surface area contributed by atoms with Gasteiger partial charge < -0.3 is 9.64 Å². The van der Waals surface area contributed by atoms with Crippen LogP contribution >= 0.6 is 23.2 Å². The van der Waals surface area contributed by atoms with Crippen LogP contribution in [0.15, 0.2) is 116 Å². The van der Waals surface area contributed by atoms with Crippen LogP contribution in [0.2, 0.25) is 0 Å². The summed E-state index contributed by atoms with van der Waals surface area (Å²) in [6, 6.07) is 12.2. The zero-order valence-electron chi connectivity index (χ0n) is 37.8. The monoisotopic (exact) mass is 850 g/mol. The van der Waals surface area contributed by atoms with Gasteiger partial charge in [0, 0.05) is 88.1 Å². The van der Waals surface area contributed by atoms with Gasteiger partial charge in [-0.1, -0.05) is 112 Å². The van der Waals surface area contributed by atoms with E-state index >= 15 is 0 Å². The van der Waals surface area contributed by atoms with Crippen LogP contribution in [-0.4, -0.2) is 39.6 Å². The maximum Gasteiger partial charge on any atom is 0.209 e. The highest BCUT2D eigenvalue weighted by Gasteiger charge is 2.48. The zero-order valence-corrected chi connectivity index (χ0v) is 40.2. The quantitative estimate of drug-likeness (QED) is 0.120. The Morgan fingerprint density at radius 1 is 0.949 bits per heavy atom. The first kappa shape index (κ1) is 43.9. The molecule has 0 radical (unpaired) electrons. The van der Waals surface area contributed by atoms with Gasteiger partial charge in [0.1, 0.15) is 18.1 Å². The van der Waals surface area contributed by atoms with Crippen LogP contribution in [0.1, 0.15) is 142 Å². The number of nitrogens with zero attached hydrogens (tertiary/aromatic N) is 2. The Morgan fingerprint density at radius 3 is 2.31 bits per heavy atom. The van der Waals surface area contributed by atoms with Gasteiger partial charge in [-0.3, -0.25) is 0 Å². The standard InChI is InChI=1S/C53H67Cl2N2OS/c1-13-56-45-22-15-34(7)27-42(45)52(9,10)48(56)25-19-36-17-18-37(20-26-49-53(11,12)43-28-35(8)16-23-46(43)57(49)14-2)50(36)58-51-40(32(3)4)30-39(31-41(51)33(5)6)59-47-24-21-38(54)29-44(47)55/h15-16,19,21-23,25,27-33,42,45,47H,13-14,17-18,20,24,26H2,1-12H3/q+1/p+1/b36-19+,48-25+. The van der Waals surface area contributed by atoms with E-state index in [2.05, 4.69) is 159 Å². The number of allylic oxidation sites excluding steroid dienone is 10. The first-order chi connectivity index (χ1) is 28.0. The molecule has 2 aromatic rings. The molecule has 6 heteroatoms. The fourth-order valence-corrected chi connectivity index (χ4v) is 12.2. The lowest BCUT2D eigenvalue weighted by Crippen LogP contribution is -2.31. The lowest BCUT2D eigenvalue weighted by atomic mass is 9.74. The molecular formula is C53H68Cl2N2OS+2. The molecule has 5 aliphatic rings. The molecule has 3 nitrogen and oxygen atoms in total. The van der Waals surface area contributed by atoms with E-state index in [1.165, 1.54) is 72.7 Å². The maximum absolute atomic E-state index is 7.55. The molecule has 3 unspecified atom stereocenters. The first-order valence-electron chi connectivity index (χ1n) is 22.3. The van der Waals surface area contributed by atoms with Crippen molar-refractivity contribution in [3.8, 4) is 5.75 Å². The highest BCUT2D eigenvalue weighted by molar-refractivity contribution is 7.79. The largest absolute Gasteiger partial charge is 0.457 e. The third-order valence-corrected chi connectivity index (χ3v) is 15.9. The summed E-state index contributed by atoms with van der Waals surface area (Å²) < 4.78 is 10.1. The zero-order chi connectivity index (χ0) is 42.6. The highest BCUT2D eigenvalue weighted by atomic mass is 35.5. The SMILES string of the molecule is CCN1/C(=C/C=C2\CCC(CCC3=[N+](CC)c4ccc(C)cc4C3(C)C)=C2Oc2c(C(C)C)cc([SH+]C3CC=C(Cl)C=C3Cl)cc2C(C)C)C(C)(C)C2C=C(C)C=CC21. The number of hydrogen-bond donors (Lipinski definition) is 0. The number of thiol groups is 1. The van der Waals surface area contributed by atoms with Crippen LogP contribution in [0.5, 0.6) is 5.75 Å². The Morgan fingerprint density at radius 2 is 1.66 bits per heavy atom. The van der Waals surface area contributed by atoms with E-state index in [4.69, 9.17) is 27.9 Å². The van der Waals surface area contributed by atoms with Crippen molar-refractivity contribution in [1.82, 2.24) is 4.90 Å². The summed E-state index contributed by atoms with van der Waals surface area (Å²) in [5.74, 6) is 3.15. The van der Waals surface area contributed by atoms with E-state index in [9.17, 15) is 0 Å². The summed E-state index contributed by atoms with van der Waals surface area (Å²) >= 11 is 14.3. The summed E-state index contributed by atoms with van der Waals surface area (Å²) in [6.45, 7) is 29.9. The summed E-state index contributed by atoms with van der Waals surface area (Å²) in [6.07, 6.45) is 20.9. The predicted molar refractivity (Wildman–Crippen MR) is 256 cm³/mol. The Hall–Kier alpha value is -3.18. The van der Waals surface area contributed by atoms with Crippen molar-refractivity contribution >= 4 is 46.4 Å². The summed E-state index contributed by atoms with van der Waals surface area (Å²) in [5, 5.41) is 1.76. The first-order valence-corrected chi connectivity index (χ1v) is 24.0. The smallest absolute Gasteiger partial charge is 0.209 e. The molecule has 2 heterocycles. The summed E-state index contributed by atoms with van der Waals surface area (Å²) in [7, 11) is 0. The van der Waals surface area contributed by atoms with Gasteiger partial charge in [-0.25, -0.2) is 0 Å². The number of rotatable bonds is 12. The van der Waals surface area contributed by atoms with Gasteiger partial charge in [0.25, 0.3) is 0 Å². The summed E-state index contributed by atoms with van der Waals surface area (Å²) in [5.41, 5.74) is 13.7. The van der Waals surface area contributed by atoms with E-state index in [0.29, 0.717) is 12.0 Å². The normalized spacial score (nSPS) is 24.8. The number of halogens is 2. The van der Waals surface area contributed by atoms with Crippen molar-refractivity contribution in [2.45, 2.75) is 149 Å². The van der Waals surface area contributed by atoms with Gasteiger partial charge in [0.05, 0.1) is 16.5 Å². The van der Waals surface area contributed by atoms with Crippen LogP contribution in [0.4, 0.5) is 5.69 Å². The number of fused-ring (bicyclic) bond motifs is 2. The fourth-order valence-electron chi connectivity index (χ4n) is 10.4. The second-order valence-electron chi connectivity index (χ2n) is 19.2. The number of likely N-dealkylation sites (tertiary alicyclic amines) is 1. The molecule has 7 rings (SSSR count). The predicted octanol–water partition coefficient (Wildman–Crippen LogP) is 14.4. The Balaban J connectivity index is 1.31. The average Bonchev–Trinajstić information content (AvgIpc) is 3.73. The van der Waals surface area contributed by atoms with Crippen LogP contribution < -0.4 is 4.74 Å². The minimum absolute atomic E-state index is 0.0137. The number of aryl methyl sites for hydroxylation is 1. The minimum atomic E-state index is -0.0292. The van der Waals surface area contributed by atoms with Crippen molar-refractivity contribution in [3.63, 3.8) is 0 Å². The highest BCUT2D eigenvalue weighted by Crippen LogP contribution is 2.51. The van der Waals surface area contributed by atoms with Crippen LogP contribution in [0.3, 0.4) is 0 Å². The Labute approximate surface area is 370 Å². The molecule has 59 heavy (non-hydrogen) atoms. The maximum atomic E-state index is 7.55. The molecule has 1 saturated heterocycles. The molecule has 314 valence electrons. The Bertz CT molecular complexity index is 2230. The van der Waals surface area contributed by atoms with Crippen molar-refractivity contribution in [3.05, 3.63) is 133 Å². The molecule has 3 aliphatic carbocycles. The van der Waals surface area contributed by atoms with Gasteiger partial charge in [-0.05, 0) is 102 Å². The summed E-state index contributed by atoms with van der Waals surface area (Å²) in [4.78, 5) is 3.91. The minimum Gasteiger partial charge on any atom is -0.457 e. The van der Waals surface area contributed by atoms with E-state index in [-0.39, 0.29) is 27.9 Å². The van der Waals surface area contributed by atoms with Crippen LogP contribution in [0, 0.1) is 18.3 Å². The number of benzene rings is 2. The van der Waals surface area contributed by atoms with Crippen molar-refractivity contribution < 1.29 is 9.31 Å². The van der Waals surface area contributed by atoms with E-state index in [0.717, 1.165) is 66.8 Å². The van der Waals surface area contributed by atoms with E-state index < -0.39 is 0 Å². The third-order valence-electron chi connectivity index (χ3n) is 13.8. The molecule has 0 N–H and O–H groups in total. The molecule has 2 aromatic carbocycles. The Kier molecular flexibility index (Phi) is 12.9. The number of ether oxygens (including phenoxy) is 1. The topological polar surface area (TPSA) is 15.5 Å². The molecule has 0 aromatic heterocycles. The van der Waals surface area contributed by atoms with E-state index in [1.807, 2.05) is 6.08 Å². The van der Waals surface area contributed by atoms with Gasteiger partial charge in [0.2, 0.25) is 5.69 Å². The van der Waals surface area contributed by atoms with Crippen LogP contribution in [-0.2, 0) is 17.2 Å². The molecule has 3 atom stereocenters. The molecule has 0 amide bonds. The van der Waals surface area contributed by atoms with Gasteiger partial charge in [0.15, 0.2) is 15.9 Å². The van der Waals surface area contributed by atoms with Gasteiger partial charge in [-0.2, -0.15) is 4.58 Å². The van der Waals surface area contributed by atoms with Crippen LogP contribution in [0.25, 0.3) is 0 Å². The number of likely N-dealkylation sites (N-methyl/N-ethyl adjacent to an activating group) is 1. The number of hydrogen-bond acceptors (Lipinski definition) is 2. The molecule has 2 aliphatic heterocycles. The van der Waals surface area contributed by atoms with E-state index in [1.54, 1.807) is 0 Å². The van der Waals surface area contributed by atoms with Gasteiger partial charge in [-0.15, -0.1) is 0 Å².